The highest BCUT2D eigenvalue weighted by Gasteiger charge is 2.36. The second-order valence-corrected chi connectivity index (χ2v) is 7.67. The Morgan fingerprint density at radius 3 is 2.71 bits per heavy atom. The van der Waals surface area contributed by atoms with Gasteiger partial charge in [0.2, 0.25) is 0 Å². The summed E-state index contributed by atoms with van der Waals surface area (Å²) in [6.07, 6.45) is -4.45. The lowest BCUT2D eigenvalue weighted by Crippen LogP contribution is -2.32. The van der Waals surface area contributed by atoms with Gasteiger partial charge in [-0.3, -0.25) is 4.79 Å². The van der Waals surface area contributed by atoms with Crippen LogP contribution in [0.15, 0.2) is 36.4 Å². The minimum absolute atomic E-state index is 0.0911. The molecule has 1 atom stereocenters. The van der Waals surface area contributed by atoms with Crippen molar-refractivity contribution >= 4 is 22.6 Å². The number of carbonyl (C=O) groups is 1. The summed E-state index contributed by atoms with van der Waals surface area (Å²) in [4.78, 5) is 19.1. The van der Waals surface area contributed by atoms with Crippen LogP contribution in [0.4, 0.5) is 19.0 Å². The van der Waals surface area contributed by atoms with Gasteiger partial charge >= 0.3 is 6.18 Å². The summed E-state index contributed by atoms with van der Waals surface area (Å²) in [5, 5.41) is 0.804. The summed E-state index contributed by atoms with van der Waals surface area (Å²) in [5.74, 6) is 0.300. The fraction of sp³-hybridized carbons (Fsp3) is 0.273. The van der Waals surface area contributed by atoms with Crippen LogP contribution < -0.4 is 10.5 Å². The molecule has 0 saturated carbocycles. The zero-order valence-electron chi connectivity index (χ0n) is 16.5. The highest BCUT2D eigenvalue weighted by molar-refractivity contribution is 5.99. The quantitative estimate of drug-likeness (QED) is 0.665. The van der Waals surface area contributed by atoms with Crippen molar-refractivity contribution in [2.45, 2.75) is 25.4 Å². The van der Waals surface area contributed by atoms with E-state index in [0.717, 1.165) is 28.6 Å². The maximum Gasteiger partial charge on any atom is 0.416 e. The van der Waals surface area contributed by atoms with Crippen LogP contribution >= 0.6 is 0 Å². The zero-order chi connectivity index (χ0) is 21.9. The molecule has 0 bridgehead atoms. The Morgan fingerprint density at radius 1 is 1.16 bits per heavy atom. The summed E-state index contributed by atoms with van der Waals surface area (Å²) >= 11 is 0. The lowest BCUT2D eigenvalue weighted by molar-refractivity contribution is -0.137. The van der Waals surface area contributed by atoms with E-state index in [1.807, 2.05) is 0 Å². The van der Waals surface area contributed by atoms with Gasteiger partial charge in [0.25, 0.3) is 5.91 Å². The number of nitrogen functional groups attached to an aromatic ring is 1. The molecule has 0 saturated heterocycles. The molecule has 6 nitrogen and oxygen atoms in total. The first-order valence-corrected chi connectivity index (χ1v) is 9.64. The van der Waals surface area contributed by atoms with Gasteiger partial charge < -0.3 is 20.1 Å². The van der Waals surface area contributed by atoms with Crippen molar-refractivity contribution in [2.24, 2.45) is 0 Å². The molecule has 1 unspecified atom stereocenters. The number of carbonyl (C=O) groups excluding carboxylic acids is 1. The highest BCUT2D eigenvalue weighted by atomic mass is 19.4. The van der Waals surface area contributed by atoms with Crippen LogP contribution in [0.25, 0.3) is 10.9 Å². The van der Waals surface area contributed by atoms with Gasteiger partial charge in [-0.05, 0) is 35.9 Å². The molecule has 2 N–H and O–H groups in total. The normalized spacial score (nSPS) is 17.4. The smallest absolute Gasteiger partial charge is 0.416 e. The number of rotatable bonds is 2. The molecule has 3 aromatic rings. The number of fused-ring (bicyclic) bond motifs is 4. The number of hydrogen-bond donors (Lipinski definition) is 1. The molecular weight excluding hydrogens is 411 g/mol. The largest absolute Gasteiger partial charge is 0.491 e. The maximum atomic E-state index is 13.2. The van der Waals surface area contributed by atoms with Crippen LogP contribution in [-0.4, -0.2) is 29.4 Å². The number of anilines is 1. The first-order chi connectivity index (χ1) is 14.7. The lowest BCUT2D eigenvalue weighted by atomic mass is 10.0. The van der Waals surface area contributed by atoms with E-state index in [-0.39, 0.29) is 18.3 Å². The highest BCUT2D eigenvalue weighted by Crippen LogP contribution is 2.40. The Kier molecular flexibility index (Phi) is 4.33. The Hall–Kier alpha value is -3.33. The van der Waals surface area contributed by atoms with E-state index in [2.05, 4.69) is 4.98 Å². The van der Waals surface area contributed by atoms with Crippen molar-refractivity contribution in [1.82, 2.24) is 9.88 Å². The van der Waals surface area contributed by atoms with E-state index in [1.165, 1.54) is 11.0 Å². The molecule has 1 amide bonds. The summed E-state index contributed by atoms with van der Waals surface area (Å²) in [5.41, 5.74) is 8.65. The second kappa shape index (κ2) is 6.84. The number of benzene rings is 2. The molecule has 0 radical (unpaired) electrons. The Bertz CT molecular complexity index is 1230. The van der Waals surface area contributed by atoms with Crippen LogP contribution in [0.3, 0.4) is 0 Å². The first kappa shape index (κ1) is 19.6. The Morgan fingerprint density at radius 2 is 1.94 bits per heavy atom. The van der Waals surface area contributed by atoms with E-state index >= 15 is 0 Å². The number of likely N-dealkylation sites (N-methyl/N-ethyl adjacent to an activating group) is 1. The average Bonchev–Trinajstić information content (AvgIpc) is 3.39. The Labute approximate surface area is 175 Å². The minimum atomic E-state index is -4.45. The number of halogens is 3. The van der Waals surface area contributed by atoms with E-state index in [1.54, 1.807) is 25.2 Å². The number of aromatic nitrogens is 1. The molecule has 9 heteroatoms. The fourth-order valence-electron chi connectivity index (χ4n) is 4.14. The molecular formula is C22H18F3N3O3. The van der Waals surface area contributed by atoms with Gasteiger partial charge in [0.1, 0.15) is 18.2 Å². The summed E-state index contributed by atoms with van der Waals surface area (Å²) < 4.78 is 49.9. The number of ether oxygens (including phenoxy) is 2. The fourth-order valence-corrected chi connectivity index (χ4v) is 4.14. The van der Waals surface area contributed by atoms with Crippen LogP contribution in [0.5, 0.6) is 5.75 Å². The molecule has 2 aliphatic heterocycles. The van der Waals surface area contributed by atoms with Gasteiger partial charge in [0.05, 0.1) is 30.3 Å². The van der Waals surface area contributed by atoms with Gasteiger partial charge in [-0.25, -0.2) is 4.98 Å². The number of hydrogen-bond acceptors (Lipinski definition) is 5. The third-order valence-corrected chi connectivity index (χ3v) is 5.86. The number of nitrogens with zero attached hydrogens (tertiary/aromatic N) is 2. The zero-order valence-corrected chi connectivity index (χ0v) is 16.5. The molecule has 1 aromatic heterocycles. The predicted octanol–water partition coefficient (Wildman–Crippen LogP) is 4.07. The molecule has 0 aliphatic carbocycles. The van der Waals surface area contributed by atoms with Crippen molar-refractivity contribution in [2.75, 3.05) is 19.4 Å². The minimum Gasteiger partial charge on any atom is -0.491 e. The molecule has 31 heavy (non-hydrogen) atoms. The van der Waals surface area contributed by atoms with Crippen molar-refractivity contribution < 1.29 is 27.4 Å². The van der Waals surface area contributed by atoms with Crippen molar-refractivity contribution in [3.63, 3.8) is 0 Å². The van der Waals surface area contributed by atoms with Crippen LogP contribution in [0, 0.1) is 0 Å². The monoisotopic (exact) mass is 429 g/mol. The third kappa shape index (κ3) is 3.16. The van der Waals surface area contributed by atoms with Crippen molar-refractivity contribution in [3.8, 4) is 5.75 Å². The van der Waals surface area contributed by atoms with Gasteiger partial charge in [0, 0.05) is 29.1 Å². The van der Waals surface area contributed by atoms with E-state index in [9.17, 15) is 18.0 Å². The summed E-state index contributed by atoms with van der Waals surface area (Å²) in [7, 11) is 1.61. The van der Waals surface area contributed by atoms with E-state index in [0.29, 0.717) is 35.7 Å². The predicted molar refractivity (Wildman–Crippen MR) is 106 cm³/mol. The number of alkyl halides is 3. The van der Waals surface area contributed by atoms with E-state index < -0.39 is 17.8 Å². The molecule has 0 spiro atoms. The van der Waals surface area contributed by atoms with Gasteiger partial charge in [-0.15, -0.1) is 0 Å². The van der Waals surface area contributed by atoms with Gasteiger partial charge in [-0.2, -0.15) is 13.2 Å². The third-order valence-electron chi connectivity index (χ3n) is 5.86. The summed E-state index contributed by atoms with van der Waals surface area (Å²) in [6, 6.07) is 8.03. The average molecular weight is 429 g/mol. The second-order valence-electron chi connectivity index (χ2n) is 7.67. The van der Waals surface area contributed by atoms with Crippen LogP contribution in [-0.2, 0) is 24.1 Å². The molecule has 2 aliphatic rings. The molecule has 3 heterocycles. The Balaban J connectivity index is 1.47. The number of amides is 1. The SMILES string of the molecule is CN(C(=O)c1ccc2nc(N)c3c(c2c1)COC3)C1COc2cc(C(F)(F)F)ccc21. The molecule has 5 rings (SSSR count). The molecule has 2 aromatic carbocycles. The van der Waals surface area contributed by atoms with Gasteiger partial charge in [-0.1, -0.05) is 6.07 Å². The standard InChI is InChI=1S/C22H18F3N3O3/c1-28(18-10-31-19-7-12(22(23,24)25)3-4-13(18)19)21(29)11-2-5-17-14(6-11)15-8-30-9-16(15)20(26)27-17/h2-7,18H,8-10H2,1H3,(H2,26,27). The maximum absolute atomic E-state index is 13.2. The number of nitrogens with two attached hydrogens (primary N) is 1. The molecule has 0 fully saturated rings. The molecule has 160 valence electrons. The first-order valence-electron chi connectivity index (χ1n) is 9.64. The topological polar surface area (TPSA) is 77.7 Å². The van der Waals surface area contributed by atoms with Gasteiger partial charge in [0.15, 0.2) is 0 Å². The van der Waals surface area contributed by atoms with Crippen LogP contribution in [0.2, 0.25) is 0 Å². The van der Waals surface area contributed by atoms with Crippen LogP contribution in [0.1, 0.15) is 38.7 Å². The van der Waals surface area contributed by atoms with Crippen molar-refractivity contribution in [1.29, 1.82) is 0 Å². The summed E-state index contributed by atoms with van der Waals surface area (Å²) in [6.45, 7) is 0.878. The lowest BCUT2D eigenvalue weighted by Gasteiger charge is -2.24. The van der Waals surface area contributed by atoms with E-state index in [4.69, 9.17) is 15.2 Å². The number of pyridine rings is 1. The van der Waals surface area contributed by atoms with Crippen molar-refractivity contribution in [3.05, 3.63) is 64.2 Å².